The fourth-order valence-electron chi connectivity index (χ4n) is 2.19. The van der Waals surface area contributed by atoms with Gasteiger partial charge in [0.1, 0.15) is 0 Å². The Morgan fingerprint density at radius 1 is 1.42 bits per heavy atom. The van der Waals surface area contributed by atoms with Gasteiger partial charge in [0.15, 0.2) is 0 Å². The van der Waals surface area contributed by atoms with E-state index in [2.05, 4.69) is 33.8 Å². The molecular weight excluding hydrogens is 146 g/mol. The molecule has 0 fully saturated rings. The topological polar surface area (TPSA) is 26.0 Å². The molecule has 0 bridgehead atoms. The van der Waals surface area contributed by atoms with Gasteiger partial charge in [0, 0.05) is 5.70 Å². The van der Waals surface area contributed by atoms with Crippen molar-refractivity contribution in [3.05, 3.63) is 23.4 Å². The second-order valence-electron chi connectivity index (χ2n) is 4.51. The standard InChI is InChI=1S/C11H19N/c1-8(2)10-9(12)6-5-7-11(10,3)4/h5-6,8H,7,12H2,1-4H3. The first-order valence-corrected chi connectivity index (χ1v) is 4.62. The van der Waals surface area contributed by atoms with Crippen molar-refractivity contribution in [2.75, 3.05) is 0 Å². The van der Waals surface area contributed by atoms with Gasteiger partial charge in [-0.2, -0.15) is 0 Å². The zero-order valence-electron chi connectivity index (χ0n) is 8.52. The largest absolute Gasteiger partial charge is 0.399 e. The van der Waals surface area contributed by atoms with Crippen LogP contribution in [0.1, 0.15) is 34.1 Å². The van der Waals surface area contributed by atoms with Crippen molar-refractivity contribution >= 4 is 0 Å². The Morgan fingerprint density at radius 2 is 2.00 bits per heavy atom. The van der Waals surface area contributed by atoms with Crippen LogP contribution in [-0.4, -0.2) is 0 Å². The molecule has 12 heavy (non-hydrogen) atoms. The van der Waals surface area contributed by atoms with E-state index in [1.807, 2.05) is 6.08 Å². The summed E-state index contributed by atoms with van der Waals surface area (Å²) < 4.78 is 0. The normalized spacial score (nSPS) is 22.1. The number of allylic oxidation sites excluding steroid dienone is 3. The van der Waals surface area contributed by atoms with Gasteiger partial charge in [-0.15, -0.1) is 0 Å². The molecule has 68 valence electrons. The monoisotopic (exact) mass is 165 g/mol. The van der Waals surface area contributed by atoms with Crippen molar-refractivity contribution in [2.24, 2.45) is 17.1 Å². The van der Waals surface area contributed by atoms with Crippen LogP contribution in [0, 0.1) is 11.3 Å². The summed E-state index contributed by atoms with van der Waals surface area (Å²) >= 11 is 0. The average Bonchev–Trinajstić information content (AvgIpc) is 1.82. The van der Waals surface area contributed by atoms with Crippen molar-refractivity contribution in [1.82, 2.24) is 0 Å². The summed E-state index contributed by atoms with van der Waals surface area (Å²) in [4.78, 5) is 0. The smallest absolute Gasteiger partial charge is 0.0310 e. The Labute approximate surface area is 75.3 Å². The van der Waals surface area contributed by atoms with Crippen LogP contribution < -0.4 is 5.73 Å². The minimum atomic E-state index is 0.257. The second kappa shape index (κ2) is 2.96. The molecule has 0 amide bonds. The summed E-state index contributed by atoms with van der Waals surface area (Å²) in [5.41, 5.74) is 8.59. The van der Waals surface area contributed by atoms with E-state index in [-0.39, 0.29) is 5.41 Å². The molecule has 2 N–H and O–H groups in total. The number of rotatable bonds is 1. The molecule has 1 aliphatic carbocycles. The van der Waals surface area contributed by atoms with Crippen LogP contribution in [0.15, 0.2) is 23.4 Å². The molecule has 0 radical (unpaired) electrons. The van der Waals surface area contributed by atoms with Crippen LogP contribution in [0.5, 0.6) is 0 Å². The van der Waals surface area contributed by atoms with Crippen LogP contribution in [-0.2, 0) is 0 Å². The predicted octanol–water partition coefficient (Wildman–Crippen LogP) is 2.84. The Morgan fingerprint density at radius 3 is 2.33 bits per heavy atom. The molecule has 0 saturated carbocycles. The lowest BCUT2D eigenvalue weighted by molar-refractivity contribution is 0.398. The van der Waals surface area contributed by atoms with E-state index >= 15 is 0 Å². The van der Waals surface area contributed by atoms with Gasteiger partial charge in [0.05, 0.1) is 0 Å². The summed E-state index contributed by atoms with van der Waals surface area (Å²) in [6.45, 7) is 8.95. The van der Waals surface area contributed by atoms with E-state index in [1.165, 1.54) is 5.57 Å². The zero-order valence-corrected chi connectivity index (χ0v) is 8.52. The summed E-state index contributed by atoms with van der Waals surface area (Å²) in [5.74, 6) is 0.560. The van der Waals surface area contributed by atoms with Crippen LogP contribution in [0.2, 0.25) is 0 Å². The third-order valence-electron chi connectivity index (χ3n) is 2.54. The molecule has 0 aromatic heterocycles. The van der Waals surface area contributed by atoms with Gasteiger partial charge in [-0.25, -0.2) is 0 Å². The molecule has 0 atom stereocenters. The highest BCUT2D eigenvalue weighted by molar-refractivity contribution is 5.33. The van der Waals surface area contributed by atoms with Gasteiger partial charge >= 0.3 is 0 Å². The lowest BCUT2D eigenvalue weighted by atomic mass is 9.72. The summed E-state index contributed by atoms with van der Waals surface area (Å²) in [5, 5.41) is 0. The molecule has 0 aromatic rings. The molecule has 1 aliphatic rings. The molecule has 0 saturated heterocycles. The second-order valence-corrected chi connectivity index (χ2v) is 4.51. The quantitative estimate of drug-likeness (QED) is 0.635. The lowest BCUT2D eigenvalue weighted by Gasteiger charge is -2.33. The van der Waals surface area contributed by atoms with Crippen molar-refractivity contribution in [3.63, 3.8) is 0 Å². The number of hydrogen-bond acceptors (Lipinski definition) is 1. The van der Waals surface area contributed by atoms with Gasteiger partial charge in [-0.3, -0.25) is 0 Å². The van der Waals surface area contributed by atoms with E-state index in [1.54, 1.807) is 0 Å². The first-order chi connectivity index (χ1) is 5.45. The minimum absolute atomic E-state index is 0.257. The molecule has 0 aliphatic heterocycles. The molecule has 1 heteroatoms. The minimum Gasteiger partial charge on any atom is -0.399 e. The SMILES string of the molecule is CC(C)C1=C(N)C=CCC1(C)C. The molecule has 0 unspecified atom stereocenters. The molecular formula is C11H19N. The summed E-state index contributed by atoms with van der Waals surface area (Å²) in [6.07, 6.45) is 5.32. The molecule has 0 aromatic carbocycles. The first kappa shape index (κ1) is 9.37. The molecule has 0 heterocycles. The Bertz CT molecular complexity index is 231. The zero-order chi connectivity index (χ0) is 9.35. The van der Waals surface area contributed by atoms with E-state index in [9.17, 15) is 0 Å². The van der Waals surface area contributed by atoms with Crippen molar-refractivity contribution in [2.45, 2.75) is 34.1 Å². The molecule has 1 nitrogen and oxygen atoms in total. The van der Waals surface area contributed by atoms with E-state index in [4.69, 9.17) is 5.73 Å². The lowest BCUT2D eigenvalue weighted by Crippen LogP contribution is -2.24. The third-order valence-corrected chi connectivity index (χ3v) is 2.54. The fraction of sp³-hybridized carbons (Fsp3) is 0.636. The maximum Gasteiger partial charge on any atom is 0.0310 e. The average molecular weight is 165 g/mol. The molecule has 0 spiro atoms. The number of hydrogen-bond donors (Lipinski definition) is 1. The van der Waals surface area contributed by atoms with E-state index in [0.29, 0.717) is 5.92 Å². The van der Waals surface area contributed by atoms with Crippen LogP contribution >= 0.6 is 0 Å². The fourth-order valence-corrected chi connectivity index (χ4v) is 2.19. The Kier molecular flexibility index (Phi) is 2.31. The molecule has 1 rings (SSSR count). The Balaban J connectivity index is 3.08. The van der Waals surface area contributed by atoms with Crippen LogP contribution in [0.25, 0.3) is 0 Å². The maximum absolute atomic E-state index is 5.95. The summed E-state index contributed by atoms with van der Waals surface area (Å²) in [6, 6.07) is 0. The number of nitrogens with two attached hydrogens (primary N) is 1. The van der Waals surface area contributed by atoms with Crippen LogP contribution in [0.3, 0.4) is 0 Å². The highest BCUT2D eigenvalue weighted by atomic mass is 14.6. The predicted molar refractivity (Wildman–Crippen MR) is 53.6 cm³/mol. The maximum atomic E-state index is 5.95. The van der Waals surface area contributed by atoms with Gasteiger partial charge in [0.25, 0.3) is 0 Å². The van der Waals surface area contributed by atoms with Gasteiger partial charge in [-0.1, -0.05) is 33.8 Å². The highest BCUT2D eigenvalue weighted by Gasteiger charge is 2.28. The van der Waals surface area contributed by atoms with Gasteiger partial charge in [0.2, 0.25) is 0 Å². The summed E-state index contributed by atoms with van der Waals surface area (Å²) in [7, 11) is 0. The van der Waals surface area contributed by atoms with Crippen molar-refractivity contribution in [1.29, 1.82) is 0 Å². The van der Waals surface area contributed by atoms with Gasteiger partial charge in [-0.05, 0) is 29.4 Å². The van der Waals surface area contributed by atoms with E-state index < -0.39 is 0 Å². The van der Waals surface area contributed by atoms with Crippen LogP contribution in [0.4, 0.5) is 0 Å². The van der Waals surface area contributed by atoms with Gasteiger partial charge < -0.3 is 5.73 Å². The highest BCUT2D eigenvalue weighted by Crippen LogP contribution is 2.39. The van der Waals surface area contributed by atoms with Crippen molar-refractivity contribution in [3.8, 4) is 0 Å². The van der Waals surface area contributed by atoms with Crippen molar-refractivity contribution < 1.29 is 0 Å². The Hall–Kier alpha value is -0.720. The third kappa shape index (κ3) is 1.55. The van der Waals surface area contributed by atoms with E-state index in [0.717, 1.165) is 12.1 Å². The first-order valence-electron chi connectivity index (χ1n) is 4.62.